The number of carbonyl (C=O) groups is 1. The molecule has 0 aliphatic rings. The summed E-state index contributed by atoms with van der Waals surface area (Å²) >= 11 is 1.47. The van der Waals surface area contributed by atoms with Gasteiger partial charge in [0.2, 0.25) is 0 Å². The molecule has 0 saturated carbocycles. The lowest BCUT2D eigenvalue weighted by Gasteiger charge is -2.07. The molecule has 0 bridgehead atoms. The predicted molar refractivity (Wildman–Crippen MR) is 57.1 cm³/mol. The first-order valence-electron chi connectivity index (χ1n) is 4.61. The zero-order valence-corrected chi connectivity index (χ0v) is 9.17. The summed E-state index contributed by atoms with van der Waals surface area (Å²) in [4.78, 5) is 12.5. The molecular formula is C11H13NOS. The second-order valence-electron chi connectivity index (χ2n) is 3.64. The number of carbonyl (C=O) groups excluding carboxylic acids is 1. The number of nitrogens with zero attached hydrogens (tertiary/aromatic N) is 1. The van der Waals surface area contributed by atoms with E-state index in [4.69, 9.17) is 5.26 Å². The second-order valence-corrected chi connectivity index (χ2v) is 4.62. The highest BCUT2D eigenvalue weighted by atomic mass is 32.1. The van der Waals surface area contributed by atoms with Crippen molar-refractivity contribution in [2.24, 2.45) is 5.92 Å². The molecule has 0 aliphatic heterocycles. The van der Waals surface area contributed by atoms with Gasteiger partial charge in [0, 0.05) is 11.3 Å². The van der Waals surface area contributed by atoms with E-state index in [2.05, 4.69) is 6.07 Å². The van der Waals surface area contributed by atoms with Crippen LogP contribution in [0.4, 0.5) is 0 Å². The molecule has 74 valence electrons. The number of rotatable bonds is 4. The Labute approximate surface area is 88.2 Å². The number of hydrogen-bond donors (Lipinski definition) is 0. The molecule has 0 radical (unpaired) electrons. The van der Waals surface area contributed by atoms with Crippen LogP contribution in [-0.2, 0) is 4.79 Å². The van der Waals surface area contributed by atoms with Crippen molar-refractivity contribution in [3.8, 4) is 6.07 Å². The van der Waals surface area contributed by atoms with Gasteiger partial charge in [0.25, 0.3) is 0 Å². The molecule has 2 nitrogen and oxygen atoms in total. The molecule has 0 N–H and O–H groups in total. The molecule has 1 rings (SSSR count). The molecule has 0 amide bonds. The summed E-state index contributed by atoms with van der Waals surface area (Å²) in [5.41, 5.74) is 0. The number of nitriles is 1. The van der Waals surface area contributed by atoms with Gasteiger partial charge >= 0.3 is 0 Å². The SMILES string of the molecule is CC(C)CC(=O)C(C#N)c1cccs1. The maximum atomic E-state index is 11.7. The lowest BCUT2D eigenvalue weighted by molar-refractivity contribution is -0.120. The Bertz CT molecular complexity index is 335. The van der Waals surface area contributed by atoms with Crippen LogP contribution in [0.5, 0.6) is 0 Å². The summed E-state index contributed by atoms with van der Waals surface area (Å²) < 4.78 is 0. The minimum Gasteiger partial charge on any atom is -0.298 e. The Hall–Kier alpha value is -1.14. The maximum absolute atomic E-state index is 11.7. The van der Waals surface area contributed by atoms with E-state index in [0.29, 0.717) is 12.3 Å². The van der Waals surface area contributed by atoms with Gasteiger partial charge in [-0.3, -0.25) is 4.79 Å². The standard InChI is InChI=1S/C11H13NOS/c1-8(2)6-10(13)9(7-12)11-4-3-5-14-11/h3-5,8-9H,6H2,1-2H3. The van der Waals surface area contributed by atoms with Gasteiger partial charge in [0.1, 0.15) is 5.92 Å². The van der Waals surface area contributed by atoms with Crippen molar-refractivity contribution in [1.82, 2.24) is 0 Å². The molecule has 0 spiro atoms. The normalized spacial score (nSPS) is 12.4. The first kappa shape index (κ1) is 10.9. The highest BCUT2D eigenvalue weighted by molar-refractivity contribution is 7.10. The molecule has 14 heavy (non-hydrogen) atoms. The monoisotopic (exact) mass is 207 g/mol. The average molecular weight is 207 g/mol. The third-order valence-electron chi connectivity index (χ3n) is 1.89. The van der Waals surface area contributed by atoms with Crippen LogP contribution in [0, 0.1) is 17.2 Å². The van der Waals surface area contributed by atoms with E-state index < -0.39 is 5.92 Å². The fourth-order valence-electron chi connectivity index (χ4n) is 1.27. The van der Waals surface area contributed by atoms with Crippen molar-refractivity contribution in [1.29, 1.82) is 5.26 Å². The Kier molecular flexibility index (Phi) is 3.84. The van der Waals surface area contributed by atoms with Gasteiger partial charge in [-0.15, -0.1) is 11.3 Å². The van der Waals surface area contributed by atoms with E-state index in [1.165, 1.54) is 11.3 Å². The second kappa shape index (κ2) is 4.92. The summed E-state index contributed by atoms with van der Waals surface area (Å²) in [6.45, 7) is 3.97. The Morgan fingerprint density at radius 2 is 2.36 bits per heavy atom. The predicted octanol–water partition coefficient (Wildman–Crippen LogP) is 2.97. The van der Waals surface area contributed by atoms with Crippen LogP contribution < -0.4 is 0 Å². The zero-order valence-electron chi connectivity index (χ0n) is 8.36. The van der Waals surface area contributed by atoms with Crippen molar-refractivity contribution in [2.45, 2.75) is 26.2 Å². The fraction of sp³-hybridized carbons (Fsp3) is 0.455. The maximum Gasteiger partial charge on any atom is 0.155 e. The highest BCUT2D eigenvalue weighted by Crippen LogP contribution is 2.23. The smallest absolute Gasteiger partial charge is 0.155 e. The van der Waals surface area contributed by atoms with Gasteiger partial charge in [0.05, 0.1) is 6.07 Å². The largest absolute Gasteiger partial charge is 0.298 e. The quantitative estimate of drug-likeness (QED) is 0.761. The van der Waals surface area contributed by atoms with Gasteiger partial charge in [-0.25, -0.2) is 0 Å². The molecule has 3 heteroatoms. The lowest BCUT2D eigenvalue weighted by atomic mass is 9.96. The molecule has 0 aliphatic carbocycles. The van der Waals surface area contributed by atoms with E-state index >= 15 is 0 Å². The Morgan fingerprint density at radius 3 is 2.79 bits per heavy atom. The van der Waals surface area contributed by atoms with Crippen LogP contribution in [0.25, 0.3) is 0 Å². The van der Waals surface area contributed by atoms with Crippen LogP contribution in [0.15, 0.2) is 17.5 Å². The number of thiophene rings is 1. The molecule has 1 aromatic rings. The third kappa shape index (κ3) is 2.68. The van der Waals surface area contributed by atoms with Crippen LogP contribution in [-0.4, -0.2) is 5.78 Å². The van der Waals surface area contributed by atoms with E-state index in [0.717, 1.165) is 4.88 Å². The van der Waals surface area contributed by atoms with E-state index in [-0.39, 0.29) is 5.78 Å². The molecule has 1 unspecified atom stereocenters. The lowest BCUT2D eigenvalue weighted by Crippen LogP contribution is -2.11. The van der Waals surface area contributed by atoms with Crippen molar-refractivity contribution in [3.63, 3.8) is 0 Å². The van der Waals surface area contributed by atoms with Crippen molar-refractivity contribution in [2.75, 3.05) is 0 Å². The van der Waals surface area contributed by atoms with Crippen LogP contribution in [0.3, 0.4) is 0 Å². The minimum atomic E-state index is -0.558. The molecule has 0 fully saturated rings. The van der Waals surface area contributed by atoms with Crippen LogP contribution in [0.1, 0.15) is 31.1 Å². The average Bonchev–Trinajstić information content (AvgIpc) is 2.57. The molecule has 1 atom stereocenters. The van der Waals surface area contributed by atoms with Crippen LogP contribution in [0.2, 0.25) is 0 Å². The first-order chi connectivity index (χ1) is 6.65. The van der Waals surface area contributed by atoms with Gasteiger partial charge in [-0.1, -0.05) is 19.9 Å². The zero-order chi connectivity index (χ0) is 10.6. The van der Waals surface area contributed by atoms with Gasteiger partial charge in [-0.2, -0.15) is 5.26 Å². The van der Waals surface area contributed by atoms with Crippen molar-refractivity contribution < 1.29 is 4.79 Å². The molecule has 1 aromatic heterocycles. The summed E-state index contributed by atoms with van der Waals surface area (Å²) in [6, 6.07) is 5.78. The number of hydrogen-bond acceptors (Lipinski definition) is 3. The van der Waals surface area contributed by atoms with Gasteiger partial charge in [-0.05, 0) is 17.4 Å². The Morgan fingerprint density at radius 1 is 1.64 bits per heavy atom. The summed E-state index contributed by atoms with van der Waals surface area (Å²) in [5.74, 6) is -0.208. The highest BCUT2D eigenvalue weighted by Gasteiger charge is 2.21. The minimum absolute atomic E-state index is 0.0324. The van der Waals surface area contributed by atoms with Crippen molar-refractivity contribution >= 4 is 17.1 Å². The summed E-state index contributed by atoms with van der Waals surface area (Å²) in [5, 5.41) is 10.8. The summed E-state index contributed by atoms with van der Waals surface area (Å²) in [7, 11) is 0. The van der Waals surface area contributed by atoms with E-state index in [1.807, 2.05) is 31.4 Å². The Balaban J connectivity index is 2.74. The molecule has 0 saturated heterocycles. The van der Waals surface area contributed by atoms with Crippen LogP contribution >= 0.6 is 11.3 Å². The molecule has 0 aromatic carbocycles. The number of Topliss-reactive ketones (excluding diaryl/α,β-unsaturated/α-hetero) is 1. The third-order valence-corrected chi connectivity index (χ3v) is 2.83. The topological polar surface area (TPSA) is 40.9 Å². The number of ketones is 1. The van der Waals surface area contributed by atoms with Gasteiger partial charge in [0.15, 0.2) is 5.78 Å². The first-order valence-corrected chi connectivity index (χ1v) is 5.49. The molecule has 1 heterocycles. The molecular weight excluding hydrogens is 194 g/mol. The fourth-order valence-corrected chi connectivity index (χ4v) is 2.06. The van der Waals surface area contributed by atoms with E-state index in [1.54, 1.807) is 0 Å². The summed E-state index contributed by atoms with van der Waals surface area (Å²) in [6.07, 6.45) is 0.482. The van der Waals surface area contributed by atoms with E-state index in [9.17, 15) is 4.79 Å². The van der Waals surface area contributed by atoms with Crippen molar-refractivity contribution in [3.05, 3.63) is 22.4 Å². The van der Waals surface area contributed by atoms with Gasteiger partial charge < -0.3 is 0 Å².